The van der Waals surface area contributed by atoms with Crippen molar-refractivity contribution in [2.75, 3.05) is 26.2 Å². The summed E-state index contributed by atoms with van der Waals surface area (Å²) in [5, 5.41) is 9.26. The number of aryl methyl sites for hydroxylation is 1. The summed E-state index contributed by atoms with van der Waals surface area (Å²) in [6.07, 6.45) is 0.906. The van der Waals surface area contributed by atoms with Crippen molar-refractivity contribution >= 4 is 22.3 Å². The zero-order chi connectivity index (χ0) is 28.7. The molecule has 1 aromatic carbocycles. The number of ether oxygens (including phenoxy) is 2. The Labute approximate surface area is 227 Å². The molecule has 38 heavy (non-hydrogen) atoms. The molecule has 2 amide bonds. The van der Waals surface area contributed by atoms with Crippen molar-refractivity contribution in [3.63, 3.8) is 0 Å². The first kappa shape index (κ1) is 31.8. The maximum Gasteiger partial charge on any atom is 0.410 e. The molecule has 2 saturated heterocycles. The topological polar surface area (TPSA) is 123 Å². The Bertz CT molecular complexity index is 1010. The summed E-state index contributed by atoms with van der Waals surface area (Å²) >= 11 is 0. The predicted octanol–water partition coefficient (Wildman–Crippen LogP) is 4.48. The third kappa shape index (κ3) is 11.2. The van der Waals surface area contributed by atoms with Gasteiger partial charge in [-0.05, 0) is 86.3 Å². The van der Waals surface area contributed by atoms with Crippen molar-refractivity contribution in [3.05, 3.63) is 29.8 Å². The summed E-state index contributed by atoms with van der Waals surface area (Å²) in [6.45, 7) is 14.9. The summed E-state index contributed by atoms with van der Waals surface area (Å²) in [5.74, 6) is 0. The highest BCUT2D eigenvalue weighted by Crippen LogP contribution is 2.22. The third-order valence-corrected chi connectivity index (χ3v) is 7.16. The van der Waals surface area contributed by atoms with E-state index in [-0.39, 0.29) is 23.2 Å². The van der Waals surface area contributed by atoms with E-state index >= 15 is 0 Å². The molecule has 2 aliphatic heterocycles. The average molecular weight is 557 g/mol. The van der Waals surface area contributed by atoms with Crippen LogP contribution in [0.15, 0.2) is 29.2 Å². The summed E-state index contributed by atoms with van der Waals surface area (Å²) in [6, 6.07) is 6.56. The van der Waals surface area contributed by atoms with Gasteiger partial charge in [0.25, 0.3) is 10.1 Å². The monoisotopic (exact) mass is 556 g/mol. The summed E-state index contributed by atoms with van der Waals surface area (Å²) in [5.41, 5.74) is 0.00595. The van der Waals surface area contributed by atoms with E-state index < -0.39 is 27.4 Å². The lowest BCUT2D eigenvalue weighted by atomic mass is 10.1. The van der Waals surface area contributed by atoms with Crippen LogP contribution in [-0.4, -0.2) is 85.1 Å². The van der Waals surface area contributed by atoms with E-state index in [0.29, 0.717) is 51.9 Å². The summed E-state index contributed by atoms with van der Waals surface area (Å²) in [4.78, 5) is 26.9. The first-order chi connectivity index (χ1) is 17.4. The highest BCUT2D eigenvalue weighted by molar-refractivity contribution is 7.86. The van der Waals surface area contributed by atoms with Gasteiger partial charge in [-0.25, -0.2) is 9.59 Å². The molecule has 0 radical (unpaired) electrons. The van der Waals surface area contributed by atoms with Gasteiger partial charge in [0.05, 0.1) is 17.1 Å². The lowest BCUT2D eigenvalue weighted by Crippen LogP contribution is -2.43. The number of aliphatic hydroxyl groups excluding tert-OH is 1. The fourth-order valence-corrected chi connectivity index (χ4v) is 4.91. The van der Waals surface area contributed by atoms with Crippen LogP contribution in [0, 0.1) is 6.92 Å². The van der Waals surface area contributed by atoms with Crippen LogP contribution in [0.4, 0.5) is 9.59 Å². The Kier molecular flexibility index (Phi) is 11.0. The molecule has 2 heterocycles. The van der Waals surface area contributed by atoms with Crippen LogP contribution in [-0.2, 0) is 23.8 Å². The van der Waals surface area contributed by atoms with Crippen molar-refractivity contribution in [2.24, 2.45) is 0 Å². The largest absolute Gasteiger partial charge is 0.444 e. The molecule has 0 atom stereocenters. The van der Waals surface area contributed by atoms with E-state index in [0.717, 1.165) is 5.56 Å². The van der Waals surface area contributed by atoms with E-state index in [1.165, 1.54) is 0 Å². The molecular formula is C27H44N2O8S. The Morgan fingerprint density at radius 1 is 0.789 bits per heavy atom. The Balaban J connectivity index is 0.000000308. The third-order valence-electron chi connectivity index (χ3n) is 5.78. The fourth-order valence-electron chi connectivity index (χ4n) is 3.78. The minimum atomic E-state index is -3.78. The number of benzene rings is 1. The van der Waals surface area contributed by atoms with Gasteiger partial charge >= 0.3 is 12.2 Å². The minimum Gasteiger partial charge on any atom is -0.444 e. The number of carbonyl (C=O) groups is 2. The number of rotatable bonds is 3. The predicted molar refractivity (Wildman–Crippen MR) is 143 cm³/mol. The van der Waals surface area contributed by atoms with Crippen LogP contribution in [0.5, 0.6) is 0 Å². The number of aliphatic hydroxyl groups is 1. The number of hydrogen-bond acceptors (Lipinski definition) is 8. The zero-order valence-corrected chi connectivity index (χ0v) is 24.5. The van der Waals surface area contributed by atoms with Gasteiger partial charge in [0, 0.05) is 26.2 Å². The molecular weight excluding hydrogens is 512 g/mol. The molecule has 0 aromatic heterocycles. The number of likely N-dealkylation sites (tertiary alicyclic amines) is 2. The van der Waals surface area contributed by atoms with Gasteiger partial charge in [-0.2, -0.15) is 8.42 Å². The summed E-state index contributed by atoms with van der Waals surface area (Å²) < 4.78 is 40.4. The molecule has 0 bridgehead atoms. The average Bonchev–Trinajstić information content (AvgIpc) is 2.78. The zero-order valence-electron chi connectivity index (χ0n) is 23.7. The van der Waals surface area contributed by atoms with Crippen LogP contribution in [0.3, 0.4) is 0 Å². The number of hydrogen-bond donors (Lipinski definition) is 1. The number of nitrogens with zero attached hydrogens (tertiary/aromatic N) is 2. The first-order valence-corrected chi connectivity index (χ1v) is 14.5. The maximum absolute atomic E-state index is 12.3. The second-order valence-corrected chi connectivity index (χ2v) is 13.3. The van der Waals surface area contributed by atoms with Gasteiger partial charge in [-0.1, -0.05) is 17.7 Å². The second kappa shape index (κ2) is 13.1. The number of piperidine rings is 2. The van der Waals surface area contributed by atoms with Gasteiger partial charge in [-0.3, -0.25) is 4.18 Å². The van der Waals surface area contributed by atoms with Crippen LogP contribution in [0.25, 0.3) is 0 Å². The minimum absolute atomic E-state index is 0.155. The van der Waals surface area contributed by atoms with E-state index in [9.17, 15) is 23.1 Å². The van der Waals surface area contributed by atoms with Gasteiger partial charge in [0.1, 0.15) is 11.2 Å². The standard InChI is InChI=1S/C17H25NO5S.C10H19NO3/c1-13-5-7-15(8-6-13)24(20,21)23-14-9-11-18(12-10-14)16(19)22-17(2,3)4;1-10(2,3)14-9(13)11-6-4-8(12)5-7-11/h5-8,14H,9-12H2,1-4H3;8,12H,4-7H2,1-3H3. The molecule has 0 spiro atoms. The quantitative estimate of drug-likeness (QED) is 0.541. The second-order valence-electron chi connectivity index (χ2n) is 11.7. The Hall–Kier alpha value is -2.37. The number of carbonyl (C=O) groups excluding carboxylic acids is 2. The highest BCUT2D eigenvalue weighted by Gasteiger charge is 2.30. The van der Waals surface area contributed by atoms with Gasteiger partial charge in [0.2, 0.25) is 0 Å². The van der Waals surface area contributed by atoms with Crippen molar-refractivity contribution in [1.29, 1.82) is 0 Å². The molecule has 216 valence electrons. The molecule has 0 saturated carbocycles. The number of amides is 2. The molecule has 0 aliphatic carbocycles. The maximum atomic E-state index is 12.3. The summed E-state index contributed by atoms with van der Waals surface area (Å²) in [7, 11) is -3.78. The highest BCUT2D eigenvalue weighted by atomic mass is 32.2. The van der Waals surface area contributed by atoms with E-state index in [2.05, 4.69) is 0 Å². The molecule has 2 aliphatic rings. The van der Waals surface area contributed by atoms with Gasteiger partial charge in [-0.15, -0.1) is 0 Å². The van der Waals surface area contributed by atoms with Crippen molar-refractivity contribution in [1.82, 2.24) is 9.80 Å². The van der Waals surface area contributed by atoms with Crippen LogP contribution >= 0.6 is 0 Å². The molecule has 11 heteroatoms. The fraction of sp³-hybridized carbons (Fsp3) is 0.704. The molecule has 2 fully saturated rings. The van der Waals surface area contributed by atoms with Crippen LogP contribution < -0.4 is 0 Å². The SMILES string of the molecule is CC(C)(C)OC(=O)N1CCC(O)CC1.Cc1ccc(S(=O)(=O)OC2CCN(C(=O)OC(C)(C)C)CC2)cc1. The smallest absolute Gasteiger partial charge is 0.410 e. The Morgan fingerprint density at radius 3 is 1.58 bits per heavy atom. The molecule has 1 aromatic rings. The van der Waals surface area contributed by atoms with Gasteiger partial charge in [0.15, 0.2) is 0 Å². The molecule has 1 N–H and O–H groups in total. The molecule has 0 unspecified atom stereocenters. The lowest BCUT2D eigenvalue weighted by molar-refractivity contribution is 0.00963. The van der Waals surface area contributed by atoms with Crippen molar-refractivity contribution in [3.8, 4) is 0 Å². The van der Waals surface area contributed by atoms with Crippen molar-refractivity contribution in [2.45, 2.75) is 102 Å². The molecule has 3 rings (SSSR count). The van der Waals surface area contributed by atoms with Crippen LogP contribution in [0.1, 0.15) is 72.8 Å². The van der Waals surface area contributed by atoms with E-state index in [1.807, 2.05) is 48.5 Å². The van der Waals surface area contributed by atoms with Gasteiger partial charge < -0.3 is 24.4 Å². The van der Waals surface area contributed by atoms with E-state index in [4.69, 9.17) is 13.7 Å². The molecule has 10 nitrogen and oxygen atoms in total. The van der Waals surface area contributed by atoms with E-state index in [1.54, 1.807) is 34.1 Å². The van der Waals surface area contributed by atoms with Crippen LogP contribution in [0.2, 0.25) is 0 Å². The first-order valence-electron chi connectivity index (χ1n) is 13.1. The van der Waals surface area contributed by atoms with Crippen molar-refractivity contribution < 1.29 is 36.8 Å². The lowest BCUT2D eigenvalue weighted by Gasteiger charge is -2.33. The normalized spacial score (nSPS) is 17.9. The Morgan fingerprint density at radius 2 is 1.18 bits per heavy atom.